The first-order valence-corrected chi connectivity index (χ1v) is 39.6. The number of hydrogen-bond donors (Lipinski definition) is 23. The van der Waals surface area contributed by atoms with Crippen LogP contribution in [-0.4, -0.2) is 254 Å². The van der Waals surface area contributed by atoms with Gasteiger partial charge in [0.15, 0.2) is 5.78 Å². The Bertz CT molecular complexity index is 4460. The molecule has 3 aromatic carbocycles. The number of ether oxygens (including phenoxy) is 1. The predicted molar refractivity (Wildman–Crippen MR) is 434 cm³/mol. The van der Waals surface area contributed by atoms with Gasteiger partial charge in [-0.05, 0) is 93.5 Å². The Morgan fingerprint density at radius 3 is 1.75 bits per heavy atom. The van der Waals surface area contributed by atoms with Crippen molar-refractivity contribution < 1.29 is 126 Å². The highest BCUT2D eigenvalue weighted by Gasteiger charge is 2.41. The number of aliphatic hydroxyl groups excluding tert-OH is 2. The number of nitrogens with two attached hydrogens (primary N) is 3. The SMILES string of the molecule is CCCCCCCCCC(=O)N[C@@H](Cc1c[nH]c2ccccc12)C(=O)N[C@@H](CC(N)=O)C(=O)N[C@@H](CCO)C(=O)N[C@@H]1C(=O)NCC(=O)N[C@@H](CCCNC(=O)c2ccc(N)cc2)C(=O)N[C@@H](CC(=O)O)C(=O)N[C@H](C)C(=O)N[C@@H](CC(=O)O)C(=O)NCC(=O)N[C@H](CO)C(=O)N[C@@H]([C@H](C)CC(=O)O)C(=O)N[C@@H](CC(=O)c2ccccc2N)C(=O)O[C@@H]1C. The van der Waals surface area contributed by atoms with Gasteiger partial charge >= 0.3 is 23.9 Å². The molecule has 26 N–H and O–H groups in total. The van der Waals surface area contributed by atoms with Crippen molar-refractivity contribution in [2.45, 2.75) is 209 Å². The monoisotopic (exact) mass is 1720 g/mol. The fourth-order valence-corrected chi connectivity index (χ4v) is 12.7. The Morgan fingerprint density at radius 1 is 0.553 bits per heavy atom. The van der Waals surface area contributed by atoms with Crippen LogP contribution in [0.3, 0.4) is 0 Å². The number of Topliss-reactive ketones (excluding diaryl/α,β-unsaturated/α-hetero) is 1. The van der Waals surface area contributed by atoms with Crippen molar-refractivity contribution in [3.8, 4) is 0 Å². The minimum Gasteiger partial charge on any atom is -0.481 e. The van der Waals surface area contributed by atoms with E-state index in [1.165, 1.54) is 48.5 Å². The number of rotatable bonds is 37. The Kier molecular flexibility index (Phi) is 40.9. The van der Waals surface area contributed by atoms with Crippen molar-refractivity contribution in [2.24, 2.45) is 11.7 Å². The normalized spacial score (nSPS) is 20.5. The van der Waals surface area contributed by atoms with Gasteiger partial charge in [-0.1, -0.05) is 82.7 Å². The second kappa shape index (κ2) is 50.4. The molecule has 44 heteroatoms. The highest BCUT2D eigenvalue weighted by atomic mass is 16.5. The standard InChI is InChI=1S/C79H108N18O26/c1-5-6-7-8-9-10-11-22-60(102)89-52(31-44-36-84-49-20-15-13-17-46(44)49)74(117)93-53(33-59(82)101)75(118)91-51(27-29-98)72(115)97-67-42(4)123-79(122)56(32-58(100)47-18-12-14-19-48(47)81)95-78(121)66(40(2)30-63(105)106)96-76(119)57(39-99)90-62(104)37-85-70(113)54(34-64(107)108)92-68(111)41(3)87-73(116)55(35-65(109)110)94-71(114)50(88-61(103)38-86-77(67)120)21-16-28-83-69(112)43-23-25-45(80)26-24-43/h12-15,17-20,23-26,36,40-42,50-57,66-67,84,98-99H,5-11,16,21-22,27-35,37-39,80-81H2,1-4H3,(H2,82,101)(H,83,112)(H,85,113)(H,86,120)(H,87,116)(H,88,103)(H,89,102)(H,90,104)(H,91,118)(H,92,111)(H,93,117)(H,94,114)(H,95,121)(H,96,119)(H,97,115)(H,105,106)(H,107,108)(H,109,110)/t40-,41-,42-,50+,51+,52+,53+,54+,55+,56+,57-,66+,67+/m1/s1. The Hall–Kier alpha value is -13.7. The van der Waals surface area contributed by atoms with Gasteiger partial charge in [-0.25, -0.2) is 4.79 Å². The highest BCUT2D eigenvalue weighted by molar-refractivity contribution is 6.05. The van der Waals surface area contributed by atoms with E-state index in [4.69, 9.17) is 21.9 Å². The average Bonchev–Trinajstić information content (AvgIpc) is 1.74. The number of amides is 15. The molecule has 0 aliphatic carbocycles. The van der Waals surface area contributed by atoms with Crippen molar-refractivity contribution in [1.29, 1.82) is 0 Å². The number of ketones is 1. The molecule has 1 fully saturated rings. The number of aliphatic hydroxyl groups is 2. The third-order valence-corrected chi connectivity index (χ3v) is 19.3. The van der Waals surface area contributed by atoms with E-state index in [1.54, 1.807) is 30.5 Å². The summed E-state index contributed by atoms with van der Waals surface area (Å²) in [5.41, 5.74) is 18.7. The molecule has 0 unspecified atom stereocenters. The van der Waals surface area contributed by atoms with Crippen LogP contribution in [0.1, 0.15) is 157 Å². The van der Waals surface area contributed by atoms with Crippen molar-refractivity contribution >= 4 is 141 Å². The molecule has 44 nitrogen and oxygen atoms in total. The number of primary amides is 1. The highest BCUT2D eigenvalue weighted by Crippen LogP contribution is 2.22. The van der Waals surface area contributed by atoms with Gasteiger partial charge < -0.3 is 127 Å². The number of carboxylic acids is 3. The number of carbonyl (C=O) groups excluding carboxylic acids is 17. The number of fused-ring (bicyclic) bond motifs is 1. The molecule has 1 aliphatic rings. The molecule has 123 heavy (non-hydrogen) atoms. The smallest absolute Gasteiger partial charge is 0.329 e. The van der Waals surface area contributed by atoms with Gasteiger partial charge in [0.1, 0.15) is 72.6 Å². The summed E-state index contributed by atoms with van der Waals surface area (Å²) in [6.07, 6.45) is -1.69. The molecule has 13 atom stereocenters. The molecular formula is C79H108N18O26. The van der Waals surface area contributed by atoms with E-state index < -0.39 is 268 Å². The molecular weight excluding hydrogens is 1620 g/mol. The summed E-state index contributed by atoms with van der Waals surface area (Å²) in [4.78, 5) is 279. The number of aromatic amines is 1. The maximum absolute atomic E-state index is 15.0. The van der Waals surface area contributed by atoms with Gasteiger partial charge in [0, 0.05) is 72.0 Å². The molecule has 1 aliphatic heterocycles. The number of aliphatic carboxylic acids is 3. The van der Waals surface area contributed by atoms with Crippen molar-refractivity contribution in [3.63, 3.8) is 0 Å². The first kappa shape index (κ1) is 99.9. The second-order valence-corrected chi connectivity index (χ2v) is 29.3. The number of hydrogen-bond acceptors (Lipinski definition) is 25. The fourth-order valence-electron chi connectivity index (χ4n) is 12.7. The van der Waals surface area contributed by atoms with E-state index in [1.807, 2.05) is 16.0 Å². The molecule has 4 aromatic rings. The maximum Gasteiger partial charge on any atom is 0.329 e. The van der Waals surface area contributed by atoms with Crippen LogP contribution in [0.15, 0.2) is 79.0 Å². The van der Waals surface area contributed by atoms with Gasteiger partial charge in [-0.3, -0.25) is 91.1 Å². The van der Waals surface area contributed by atoms with Crippen LogP contribution in [0.25, 0.3) is 10.9 Å². The minimum absolute atomic E-state index is 0.00255. The number of H-pyrrole nitrogens is 1. The number of benzene rings is 3. The maximum atomic E-state index is 15.0. The van der Waals surface area contributed by atoms with E-state index in [0.29, 0.717) is 35.0 Å². The molecule has 0 bridgehead atoms. The predicted octanol–water partition coefficient (Wildman–Crippen LogP) is -4.66. The molecule has 670 valence electrons. The van der Waals surface area contributed by atoms with E-state index in [2.05, 4.69) is 70.4 Å². The van der Waals surface area contributed by atoms with Crippen LogP contribution < -0.4 is 91.6 Å². The van der Waals surface area contributed by atoms with E-state index in [-0.39, 0.29) is 42.6 Å². The minimum atomic E-state index is -2.38. The van der Waals surface area contributed by atoms with Gasteiger partial charge in [0.2, 0.25) is 82.7 Å². The molecule has 2 heterocycles. The third kappa shape index (κ3) is 33.8. The first-order valence-electron chi connectivity index (χ1n) is 39.6. The summed E-state index contributed by atoms with van der Waals surface area (Å²) < 4.78 is 5.76. The molecule has 5 rings (SSSR count). The van der Waals surface area contributed by atoms with E-state index >= 15 is 0 Å². The number of para-hydroxylation sites is 2. The number of nitrogen functional groups attached to an aromatic ring is 2. The number of cyclic esters (lactones) is 1. The van der Waals surface area contributed by atoms with Gasteiger partial charge in [-0.15, -0.1) is 0 Å². The quantitative estimate of drug-likeness (QED) is 0.00873. The lowest BCUT2D eigenvalue weighted by atomic mass is 9.96. The number of anilines is 2. The van der Waals surface area contributed by atoms with Crippen molar-refractivity contribution in [3.05, 3.63) is 95.7 Å². The van der Waals surface area contributed by atoms with Crippen LogP contribution in [-0.2, 0) is 97.5 Å². The lowest BCUT2D eigenvalue weighted by Crippen LogP contribution is -2.61. The first-order chi connectivity index (χ1) is 58.3. The van der Waals surface area contributed by atoms with E-state index in [0.717, 1.165) is 52.9 Å². The molecule has 1 aromatic heterocycles. The second-order valence-electron chi connectivity index (χ2n) is 29.3. The zero-order valence-electron chi connectivity index (χ0n) is 68.1. The molecule has 0 spiro atoms. The average molecular weight is 1730 g/mol. The van der Waals surface area contributed by atoms with Crippen LogP contribution in [0.5, 0.6) is 0 Å². The van der Waals surface area contributed by atoms with E-state index in [9.17, 15) is 121 Å². The third-order valence-electron chi connectivity index (χ3n) is 19.3. The largest absolute Gasteiger partial charge is 0.481 e. The topological polar surface area (TPSA) is 714 Å². The molecule has 1 saturated heterocycles. The summed E-state index contributed by atoms with van der Waals surface area (Å²) >= 11 is 0. The van der Waals surface area contributed by atoms with Crippen LogP contribution in [0.4, 0.5) is 11.4 Å². The molecule has 15 amide bonds. The summed E-state index contributed by atoms with van der Waals surface area (Å²) in [5.74, 6) is -28.1. The Labute approximate surface area is 704 Å². The summed E-state index contributed by atoms with van der Waals surface area (Å²) in [7, 11) is 0. The van der Waals surface area contributed by atoms with Gasteiger partial charge in [0.05, 0.1) is 45.4 Å². The van der Waals surface area contributed by atoms with Crippen LogP contribution in [0, 0.1) is 5.92 Å². The lowest BCUT2D eigenvalue weighted by molar-refractivity contribution is -0.156. The zero-order chi connectivity index (χ0) is 91.2. The lowest BCUT2D eigenvalue weighted by Gasteiger charge is -2.30. The van der Waals surface area contributed by atoms with Crippen molar-refractivity contribution in [2.75, 3.05) is 44.3 Å². The molecule has 0 saturated carbocycles. The van der Waals surface area contributed by atoms with Crippen LogP contribution in [0.2, 0.25) is 0 Å². The number of aromatic nitrogens is 1. The number of esters is 1. The summed E-state index contributed by atoms with van der Waals surface area (Å²) in [5, 5.41) is 82.6. The van der Waals surface area contributed by atoms with Crippen molar-refractivity contribution in [1.82, 2.24) is 79.4 Å². The summed E-state index contributed by atoms with van der Waals surface area (Å²) in [6, 6.07) is -4.42. The van der Waals surface area contributed by atoms with Gasteiger partial charge in [-0.2, -0.15) is 0 Å². The fraction of sp³-hybridized carbons (Fsp3) is 0.494. The Morgan fingerprint density at radius 2 is 1.12 bits per heavy atom. The number of unbranched alkanes of at least 4 members (excludes halogenated alkanes) is 6. The molecule has 0 radical (unpaired) electrons. The number of carboxylic acid groups (broad SMARTS) is 3. The zero-order valence-corrected chi connectivity index (χ0v) is 68.1. The number of nitrogens with one attached hydrogen (secondary N) is 15. The van der Waals surface area contributed by atoms with Crippen LogP contribution >= 0.6 is 0 Å². The number of carbonyl (C=O) groups is 20. The van der Waals surface area contributed by atoms with Gasteiger partial charge in [0.25, 0.3) is 5.91 Å². The summed E-state index contributed by atoms with van der Waals surface area (Å²) in [6.45, 7) is 0.118. The Balaban J connectivity index is 1.62.